The lowest BCUT2D eigenvalue weighted by molar-refractivity contribution is -0.131. The molecule has 0 radical (unpaired) electrons. The molecule has 0 atom stereocenters. The van der Waals surface area contributed by atoms with Crippen LogP contribution in [0.2, 0.25) is 0 Å². The molecule has 7 heteroatoms. The van der Waals surface area contributed by atoms with Crippen LogP contribution >= 0.6 is 0 Å². The van der Waals surface area contributed by atoms with E-state index in [4.69, 9.17) is 9.47 Å². The third kappa shape index (κ3) is 5.42. The van der Waals surface area contributed by atoms with E-state index in [1.807, 2.05) is 53.4 Å². The molecular weight excluding hydrogens is 418 g/mol. The summed E-state index contributed by atoms with van der Waals surface area (Å²) in [6.07, 6.45) is 2.02. The van der Waals surface area contributed by atoms with Crippen LogP contribution in [0.5, 0.6) is 11.5 Å². The normalized spacial score (nSPS) is 14.2. The van der Waals surface area contributed by atoms with E-state index in [0.717, 1.165) is 29.7 Å². The molecule has 172 valence electrons. The molecule has 0 saturated carbocycles. The number of piperidine rings is 1. The fourth-order valence-electron chi connectivity index (χ4n) is 4.23. The third-order valence-corrected chi connectivity index (χ3v) is 6.14. The zero-order valence-electron chi connectivity index (χ0n) is 19.1. The van der Waals surface area contributed by atoms with Crippen LogP contribution in [0.3, 0.4) is 0 Å². The number of likely N-dealkylation sites (tertiary alicyclic amines) is 1. The molecule has 0 N–H and O–H groups in total. The SMILES string of the molecule is COc1ccc(CC(=O)N2CCC(Cn3nc(-c4ccccc4)ccc3=O)CC2)cc1OC. The zero-order valence-corrected chi connectivity index (χ0v) is 19.1. The molecule has 0 unspecified atom stereocenters. The summed E-state index contributed by atoms with van der Waals surface area (Å²) < 4.78 is 12.2. The first-order valence-electron chi connectivity index (χ1n) is 11.2. The second-order valence-electron chi connectivity index (χ2n) is 8.30. The number of aromatic nitrogens is 2. The molecule has 2 aromatic carbocycles. The highest BCUT2D eigenvalue weighted by Crippen LogP contribution is 2.28. The van der Waals surface area contributed by atoms with Crippen molar-refractivity contribution in [1.82, 2.24) is 14.7 Å². The van der Waals surface area contributed by atoms with Gasteiger partial charge in [0.1, 0.15) is 0 Å². The van der Waals surface area contributed by atoms with Gasteiger partial charge in [-0.15, -0.1) is 0 Å². The minimum Gasteiger partial charge on any atom is -0.493 e. The minimum atomic E-state index is -0.0957. The van der Waals surface area contributed by atoms with Crippen LogP contribution in [0.4, 0.5) is 0 Å². The zero-order chi connectivity index (χ0) is 23.2. The molecule has 1 saturated heterocycles. The number of ether oxygens (including phenoxy) is 2. The lowest BCUT2D eigenvalue weighted by atomic mass is 9.96. The van der Waals surface area contributed by atoms with Crippen LogP contribution in [-0.2, 0) is 17.8 Å². The summed E-state index contributed by atoms with van der Waals surface area (Å²) in [4.78, 5) is 27.1. The average molecular weight is 448 g/mol. The van der Waals surface area contributed by atoms with Gasteiger partial charge in [0.25, 0.3) is 5.56 Å². The molecule has 1 aliphatic heterocycles. The minimum absolute atomic E-state index is 0.0957. The maximum Gasteiger partial charge on any atom is 0.266 e. The van der Waals surface area contributed by atoms with Crippen molar-refractivity contribution in [1.29, 1.82) is 0 Å². The van der Waals surface area contributed by atoms with Crippen molar-refractivity contribution >= 4 is 5.91 Å². The Labute approximate surface area is 193 Å². The highest BCUT2D eigenvalue weighted by Gasteiger charge is 2.24. The van der Waals surface area contributed by atoms with Gasteiger partial charge in [-0.25, -0.2) is 4.68 Å². The quantitative estimate of drug-likeness (QED) is 0.555. The van der Waals surface area contributed by atoms with Gasteiger partial charge in [-0.1, -0.05) is 36.4 Å². The molecular formula is C26H29N3O4. The van der Waals surface area contributed by atoms with E-state index < -0.39 is 0 Å². The first-order chi connectivity index (χ1) is 16.1. The lowest BCUT2D eigenvalue weighted by Crippen LogP contribution is -2.41. The van der Waals surface area contributed by atoms with Crippen LogP contribution in [0, 0.1) is 5.92 Å². The van der Waals surface area contributed by atoms with Crippen molar-refractivity contribution in [2.24, 2.45) is 5.92 Å². The smallest absolute Gasteiger partial charge is 0.266 e. The Morgan fingerprint density at radius 2 is 1.70 bits per heavy atom. The molecule has 4 rings (SSSR count). The number of nitrogens with zero attached hydrogens (tertiary/aromatic N) is 3. The Morgan fingerprint density at radius 3 is 2.39 bits per heavy atom. The van der Waals surface area contributed by atoms with Gasteiger partial charge in [-0.05, 0) is 42.5 Å². The lowest BCUT2D eigenvalue weighted by Gasteiger charge is -2.32. The molecule has 2 heterocycles. The van der Waals surface area contributed by atoms with Crippen molar-refractivity contribution in [3.8, 4) is 22.8 Å². The fraction of sp³-hybridized carbons (Fsp3) is 0.346. The number of carbonyl (C=O) groups is 1. The molecule has 0 spiro atoms. The second-order valence-corrected chi connectivity index (χ2v) is 8.30. The Bertz CT molecular complexity index is 1150. The Balaban J connectivity index is 1.35. The third-order valence-electron chi connectivity index (χ3n) is 6.14. The maximum atomic E-state index is 12.8. The predicted octanol–water partition coefficient (Wildman–Crippen LogP) is 3.41. The van der Waals surface area contributed by atoms with E-state index in [1.165, 1.54) is 0 Å². The molecule has 1 amide bonds. The van der Waals surface area contributed by atoms with Gasteiger partial charge in [-0.2, -0.15) is 5.10 Å². The van der Waals surface area contributed by atoms with E-state index in [9.17, 15) is 9.59 Å². The summed E-state index contributed by atoms with van der Waals surface area (Å²) in [6, 6.07) is 18.8. The summed E-state index contributed by atoms with van der Waals surface area (Å²) in [5, 5.41) is 4.58. The summed E-state index contributed by atoms with van der Waals surface area (Å²) in [6.45, 7) is 1.94. The first-order valence-corrected chi connectivity index (χ1v) is 11.2. The summed E-state index contributed by atoms with van der Waals surface area (Å²) in [7, 11) is 3.18. The Morgan fingerprint density at radius 1 is 0.970 bits per heavy atom. The predicted molar refractivity (Wildman–Crippen MR) is 126 cm³/mol. The Kier molecular flexibility index (Phi) is 7.07. The highest BCUT2D eigenvalue weighted by molar-refractivity contribution is 5.79. The molecule has 0 bridgehead atoms. The number of methoxy groups -OCH3 is 2. The van der Waals surface area contributed by atoms with Gasteiger partial charge in [-0.3, -0.25) is 9.59 Å². The number of hydrogen-bond donors (Lipinski definition) is 0. The van der Waals surface area contributed by atoms with Gasteiger partial charge < -0.3 is 14.4 Å². The second kappa shape index (κ2) is 10.3. The van der Waals surface area contributed by atoms with Crippen LogP contribution in [0.1, 0.15) is 18.4 Å². The van der Waals surface area contributed by atoms with Gasteiger partial charge in [0, 0.05) is 31.3 Å². The summed E-state index contributed by atoms with van der Waals surface area (Å²) in [5.74, 6) is 1.68. The van der Waals surface area contributed by atoms with Crippen molar-refractivity contribution in [2.75, 3.05) is 27.3 Å². The largest absolute Gasteiger partial charge is 0.493 e. The van der Waals surface area contributed by atoms with Crippen LogP contribution < -0.4 is 15.0 Å². The van der Waals surface area contributed by atoms with Crippen LogP contribution in [0.25, 0.3) is 11.3 Å². The molecule has 0 aliphatic carbocycles. The maximum absolute atomic E-state index is 12.8. The molecule has 1 aliphatic rings. The molecule has 33 heavy (non-hydrogen) atoms. The Hall–Kier alpha value is -3.61. The summed E-state index contributed by atoms with van der Waals surface area (Å²) >= 11 is 0. The van der Waals surface area contributed by atoms with Gasteiger partial charge >= 0.3 is 0 Å². The monoisotopic (exact) mass is 447 g/mol. The molecule has 1 aromatic heterocycles. The highest BCUT2D eigenvalue weighted by atomic mass is 16.5. The van der Waals surface area contributed by atoms with Crippen molar-refractivity contribution < 1.29 is 14.3 Å². The van der Waals surface area contributed by atoms with E-state index in [0.29, 0.717) is 43.5 Å². The van der Waals surface area contributed by atoms with Crippen molar-refractivity contribution in [3.05, 3.63) is 76.6 Å². The topological polar surface area (TPSA) is 73.7 Å². The first kappa shape index (κ1) is 22.6. The van der Waals surface area contributed by atoms with E-state index in [-0.39, 0.29) is 11.5 Å². The molecule has 3 aromatic rings. The number of amides is 1. The molecule has 1 fully saturated rings. The standard InChI is InChI=1S/C26H29N3O4/c1-32-23-10-8-20(16-24(23)33-2)17-26(31)28-14-12-19(13-15-28)18-29-25(30)11-9-22(27-29)21-6-4-3-5-7-21/h3-11,16,19H,12-15,17-18H2,1-2H3. The number of hydrogen-bond acceptors (Lipinski definition) is 5. The fourth-order valence-corrected chi connectivity index (χ4v) is 4.23. The van der Waals surface area contributed by atoms with Gasteiger partial charge in [0.2, 0.25) is 5.91 Å². The van der Waals surface area contributed by atoms with Crippen LogP contribution in [-0.4, -0.2) is 47.9 Å². The van der Waals surface area contributed by atoms with E-state index >= 15 is 0 Å². The van der Waals surface area contributed by atoms with E-state index in [2.05, 4.69) is 5.10 Å². The molecule has 7 nitrogen and oxygen atoms in total. The summed E-state index contributed by atoms with van der Waals surface area (Å²) in [5.41, 5.74) is 2.58. The van der Waals surface area contributed by atoms with Crippen molar-refractivity contribution in [2.45, 2.75) is 25.8 Å². The number of rotatable bonds is 7. The van der Waals surface area contributed by atoms with Gasteiger partial charge in [0.15, 0.2) is 11.5 Å². The van der Waals surface area contributed by atoms with Gasteiger partial charge in [0.05, 0.1) is 26.3 Å². The van der Waals surface area contributed by atoms with E-state index in [1.54, 1.807) is 31.0 Å². The number of carbonyl (C=O) groups excluding carboxylic acids is 1. The van der Waals surface area contributed by atoms with Crippen molar-refractivity contribution in [3.63, 3.8) is 0 Å². The average Bonchev–Trinajstić information content (AvgIpc) is 2.86. The number of benzene rings is 2. The van der Waals surface area contributed by atoms with Crippen LogP contribution in [0.15, 0.2) is 65.5 Å².